The Balaban J connectivity index is 2.00. The van der Waals surface area contributed by atoms with Gasteiger partial charge in [-0.2, -0.15) is 5.26 Å². The minimum atomic E-state index is -0.682. The van der Waals surface area contributed by atoms with Crippen molar-refractivity contribution in [3.63, 3.8) is 0 Å². The Morgan fingerprint density at radius 1 is 1.16 bits per heavy atom. The van der Waals surface area contributed by atoms with Gasteiger partial charge in [0.1, 0.15) is 11.6 Å². The van der Waals surface area contributed by atoms with Crippen LogP contribution >= 0.6 is 11.3 Å². The highest BCUT2D eigenvalue weighted by Gasteiger charge is 2.44. The van der Waals surface area contributed by atoms with Crippen molar-refractivity contribution in [2.45, 2.75) is 12.8 Å². The third-order valence-corrected chi connectivity index (χ3v) is 5.53. The molecule has 2 N–H and O–H groups in total. The number of hydrogen-bond donors (Lipinski definition) is 1. The average molecular weight is 348 g/mol. The Morgan fingerprint density at radius 2 is 1.84 bits per heavy atom. The Labute approximate surface area is 147 Å². The van der Waals surface area contributed by atoms with E-state index in [2.05, 4.69) is 6.07 Å². The Bertz CT molecular complexity index is 1050. The molecule has 0 saturated heterocycles. The summed E-state index contributed by atoms with van der Waals surface area (Å²) in [4.78, 5) is 26.8. The molecule has 1 aliphatic heterocycles. The molecule has 1 aromatic heterocycles. The van der Waals surface area contributed by atoms with Gasteiger partial charge in [-0.15, -0.1) is 11.3 Å². The Morgan fingerprint density at radius 3 is 2.44 bits per heavy atom. The quantitative estimate of drug-likeness (QED) is 0.854. The maximum Gasteiger partial charge on any atom is 0.229 e. The van der Waals surface area contributed by atoms with E-state index in [4.69, 9.17) is 10.5 Å². The van der Waals surface area contributed by atoms with Crippen LogP contribution in [0, 0.1) is 18.3 Å². The zero-order valence-corrected chi connectivity index (χ0v) is 14.0. The molecule has 1 aromatic carbocycles. The predicted octanol–water partition coefficient (Wildman–Crippen LogP) is 3.20. The van der Waals surface area contributed by atoms with Crippen LogP contribution < -0.4 is 5.73 Å². The lowest BCUT2D eigenvalue weighted by Gasteiger charge is -2.30. The number of rotatable bonds is 1. The first-order valence-corrected chi connectivity index (χ1v) is 8.46. The molecule has 2 aromatic rings. The van der Waals surface area contributed by atoms with Crippen LogP contribution in [-0.4, -0.2) is 11.6 Å². The SMILES string of the molecule is Cc1ccsc1[C@H]1C(C#N)=C(N)OC2=C1C(=O)c1ccccc1C2=O. The second-order valence-electron chi connectivity index (χ2n) is 5.84. The van der Waals surface area contributed by atoms with E-state index >= 15 is 0 Å². The van der Waals surface area contributed by atoms with Crippen molar-refractivity contribution in [3.05, 3.63) is 80.1 Å². The summed E-state index contributed by atoms with van der Waals surface area (Å²) >= 11 is 1.42. The number of carbonyl (C=O) groups excluding carboxylic acids is 2. The number of ketones is 2. The van der Waals surface area contributed by atoms with Gasteiger partial charge in [0.15, 0.2) is 11.5 Å². The maximum atomic E-state index is 13.1. The predicted molar refractivity (Wildman–Crippen MR) is 91.8 cm³/mol. The van der Waals surface area contributed by atoms with Crippen molar-refractivity contribution >= 4 is 22.9 Å². The third-order valence-electron chi connectivity index (χ3n) is 4.45. The van der Waals surface area contributed by atoms with E-state index in [1.54, 1.807) is 24.3 Å². The number of benzene rings is 1. The molecule has 5 nitrogen and oxygen atoms in total. The van der Waals surface area contributed by atoms with Crippen LogP contribution in [0.25, 0.3) is 0 Å². The molecule has 1 atom stereocenters. The molecule has 4 rings (SSSR count). The van der Waals surface area contributed by atoms with Gasteiger partial charge in [0.2, 0.25) is 11.7 Å². The highest BCUT2D eigenvalue weighted by Crippen LogP contribution is 2.46. The van der Waals surface area contributed by atoms with Gasteiger partial charge < -0.3 is 10.5 Å². The number of thiophene rings is 1. The van der Waals surface area contributed by atoms with E-state index < -0.39 is 5.92 Å². The monoisotopic (exact) mass is 348 g/mol. The van der Waals surface area contributed by atoms with Gasteiger partial charge >= 0.3 is 0 Å². The summed E-state index contributed by atoms with van der Waals surface area (Å²) in [6.07, 6.45) is 0. The zero-order chi connectivity index (χ0) is 17.7. The molecule has 25 heavy (non-hydrogen) atoms. The molecular formula is C19H12N2O3S. The number of ether oxygens (including phenoxy) is 1. The number of allylic oxidation sites excluding steroid dienone is 3. The molecule has 0 saturated carbocycles. The molecule has 0 bridgehead atoms. The van der Waals surface area contributed by atoms with Crippen LogP contribution in [0.4, 0.5) is 0 Å². The number of carbonyl (C=O) groups is 2. The first-order valence-electron chi connectivity index (χ1n) is 7.58. The third kappa shape index (κ3) is 2.06. The summed E-state index contributed by atoms with van der Waals surface area (Å²) in [6.45, 7) is 1.90. The molecule has 6 heteroatoms. The molecule has 122 valence electrons. The second-order valence-corrected chi connectivity index (χ2v) is 6.79. The summed E-state index contributed by atoms with van der Waals surface area (Å²) in [5.74, 6) is -1.57. The molecule has 0 spiro atoms. The molecule has 0 amide bonds. The zero-order valence-electron chi connectivity index (χ0n) is 13.2. The molecule has 0 unspecified atom stereocenters. The highest BCUT2D eigenvalue weighted by molar-refractivity contribution is 7.10. The number of nitrogens with two attached hydrogens (primary N) is 1. The van der Waals surface area contributed by atoms with Crippen LogP contribution in [0.5, 0.6) is 0 Å². The summed E-state index contributed by atoms with van der Waals surface area (Å²) in [5.41, 5.74) is 7.82. The van der Waals surface area contributed by atoms with E-state index in [0.29, 0.717) is 11.1 Å². The van der Waals surface area contributed by atoms with Crippen molar-refractivity contribution in [2.75, 3.05) is 0 Å². The maximum absolute atomic E-state index is 13.1. The van der Waals surface area contributed by atoms with Crippen molar-refractivity contribution < 1.29 is 14.3 Å². The van der Waals surface area contributed by atoms with Crippen LogP contribution in [0.15, 0.2) is 58.5 Å². The minimum absolute atomic E-state index is 0.0713. The first kappa shape index (κ1) is 15.4. The molecule has 2 heterocycles. The summed E-state index contributed by atoms with van der Waals surface area (Å²) in [7, 11) is 0. The normalized spacial score (nSPS) is 19.3. The Hall–Kier alpha value is -3.17. The van der Waals surface area contributed by atoms with Gasteiger partial charge in [-0.3, -0.25) is 9.59 Å². The van der Waals surface area contributed by atoms with Crippen molar-refractivity contribution in [1.82, 2.24) is 0 Å². The van der Waals surface area contributed by atoms with Crippen molar-refractivity contribution in [1.29, 1.82) is 5.26 Å². The standard InChI is InChI=1S/C19H12N2O3S/c1-9-6-7-25-18(9)13-12(8-20)19(21)24-17-14(13)15(22)10-4-2-3-5-11(10)16(17)23/h2-7,13H,21H2,1H3/t13-/m0/s1. The van der Waals surface area contributed by atoms with Gasteiger partial charge in [0, 0.05) is 16.0 Å². The topological polar surface area (TPSA) is 93.2 Å². The van der Waals surface area contributed by atoms with E-state index in [9.17, 15) is 14.9 Å². The lowest BCUT2D eigenvalue weighted by Crippen LogP contribution is -2.32. The van der Waals surface area contributed by atoms with Gasteiger partial charge in [0.05, 0.1) is 11.5 Å². The summed E-state index contributed by atoms with van der Waals surface area (Å²) in [5, 5.41) is 11.5. The summed E-state index contributed by atoms with van der Waals surface area (Å²) in [6, 6.07) is 10.6. The van der Waals surface area contributed by atoms with Gasteiger partial charge in [-0.05, 0) is 23.9 Å². The van der Waals surface area contributed by atoms with E-state index in [1.807, 2.05) is 18.4 Å². The van der Waals surface area contributed by atoms with Crippen LogP contribution in [0.1, 0.15) is 37.1 Å². The molecule has 2 aliphatic rings. The molecular weight excluding hydrogens is 336 g/mol. The van der Waals surface area contributed by atoms with Gasteiger partial charge in [-0.1, -0.05) is 24.3 Å². The summed E-state index contributed by atoms with van der Waals surface area (Å²) < 4.78 is 5.45. The smallest absolute Gasteiger partial charge is 0.229 e. The van der Waals surface area contributed by atoms with Gasteiger partial charge in [-0.25, -0.2) is 0 Å². The number of nitriles is 1. The highest BCUT2D eigenvalue weighted by atomic mass is 32.1. The lowest BCUT2D eigenvalue weighted by molar-refractivity contribution is 0.0897. The largest absolute Gasteiger partial charge is 0.436 e. The minimum Gasteiger partial charge on any atom is -0.436 e. The fraction of sp³-hybridized carbons (Fsp3) is 0.105. The van der Waals surface area contributed by atoms with Crippen LogP contribution in [0.3, 0.4) is 0 Å². The first-order chi connectivity index (χ1) is 12.0. The number of Topliss-reactive ketones (excluding diaryl/α,β-unsaturated/α-hetero) is 2. The fourth-order valence-electron chi connectivity index (χ4n) is 3.25. The van der Waals surface area contributed by atoms with E-state index in [0.717, 1.165) is 10.4 Å². The number of nitrogens with zero attached hydrogens (tertiary/aromatic N) is 1. The van der Waals surface area contributed by atoms with Gasteiger partial charge in [0.25, 0.3) is 0 Å². The number of aryl methyl sites for hydroxylation is 1. The van der Waals surface area contributed by atoms with Crippen LogP contribution in [0.2, 0.25) is 0 Å². The lowest BCUT2D eigenvalue weighted by atomic mass is 9.77. The fourth-order valence-corrected chi connectivity index (χ4v) is 4.29. The van der Waals surface area contributed by atoms with Crippen LogP contribution in [-0.2, 0) is 4.74 Å². The van der Waals surface area contributed by atoms with Crippen molar-refractivity contribution in [3.8, 4) is 6.07 Å². The molecule has 0 radical (unpaired) electrons. The Kier molecular flexibility index (Phi) is 3.34. The molecule has 1 aliphatic carbocycles. The number of fused-ring (bicyclic) bond motifs is 1. The molecule has 0 fully saturated rings. The average Bonchev–Trinajstić information content (AvgIpc) is 3.04. The van der Waals surface area contributed by atoms with E-state index in [-0.39, 0.29) is 34.4 Å². The van der Waals surface area contributed by atoms with E-state index in [1.165, 1.54) is 11.3 Å². The number of hydrogen-bond acceptors (Lipinski definition) is 6. The second kappa shape index (κ2) is 5.43. The van der Waals surface area contributed by atoms with Crippen molar-refractivity contribution in [2.24, 2.45) is 5.73 Å².